The Kier molecular flexibility index (Phi) is 10.9. The Morgan fingerprint density at radius 1 is 0.773 bits per heavy atom. The molecule has 0 fully saturated rings. The average molecular weight is 312 g/mol. The molecule has 0 spiro atoms. The van der Waals surface area contributed by atoms with Crippen molar-refractivity contribution in [2.24, 2.45) is 0 Å². The van der Waals surface area contributed by atoms with Crippen LogP contribution >= 0.6 is 0 Å². The fourth-order valence-corrected chi connectivity index (χ4v) is 2.33. The molecule has 2 amide bonds. The van der Waals surface area contributed by atoms with Crippen molar-refractivity contribution in [1.29, 1.82) is 0 Å². The maximum Gasteiger partial charge on any atom is 0.220 e. The first-order valence-corrected chi connectivity index (χ1v) is 8.81. The fraction of sp³-hybridized carbons (Fsp3) is 0.889. The van der Waals surface area contributed by atoms with Gasteiger partial charge in [-0.15, -0.1) is 0 Å². The summed E-state index contributed by atoms with van der Waals surface area (Å²) in [5, 5.41) is 5.90. The van der Waals surface area contributed by atoms with Gasteiger partial charge in [0.05, 0.1) is 0 Å². The minimum atomic E-state index is -0.126. The van der Waals surface area contributed by atoms with Gasteiger partial charge in [-0.05, 0) is 47.5 Å². The van der Waals surface area contributed by atoms with Crippen LogP contribution in [0.15, 0.2) is 0 Å². The molecule has 0 aromatic heterocycles. The largest absolute Gasteiger partial charge is 0.354 e. The summed E-state index contributed by atoms with van der Waals surface area (Å²) in [4.78, 5) is 23.1. The summed E-state index contributed by atoms with van der Waals surface area (Å²) < 4.78 is 0. The Labute approximate surface area is 136 Å². The minimum absolute atomic E-state index is 0.126. The van der Waals surface area contributed by atoms with Gasteiger partial charge < -0.3 is 10.6 Å². The van der Waals surface area contributed by atoms with Crippen LogP contribution in [-0.4, -0.2) is 23.4 Å². The number of hydrogen-bond acceptors (Lipinski definition) is 2. The smallest absolute Gasteiger partial charge is 0.220 e. The second kappa shape index (κ2) is 11.5. The molecule has 0 saturated heterocycles. The van der Waals surface area contributed by atoms with Gasteiger partial charge in [-0.25, -0.2) is 0 Å². The van der Waals surface area contributed by atoms with Crippen molar-refractivity contribution in [3.8, 4) is 0 Å². The highest BCUT2D eigenvalue weighted by molar-refractivity contribution is 5.76. The van der Waals surface area contributed by atoms with Crippen LogP contribution in [0.1, 0.15) is 92.4 Å². The zero-order chi connectivity index (χ0) is 17.0. The Hall–Kier alpha value is -1.06. The van der Waals surface area contributed by atoms with Gasteiger partial charge >= 0.3 is 0 Å². The molecule has 0 rings (SSSR count). The topological polar surface area (TPSA) is 58.2 Å². The Balaban J connectivity index is 3.34. The lowest BCUT2D eigenvalue weighted by Gasteiger charge is -2.20. The summed E-state index contributed by atoms with van der Waals surface area (Å²) in [5.41, 5.74) is -0.126. The highest BCUT2D eigenvalue weighted by Crippen LogP contribution is 2.10. The van der Waals surface area contributed by atoms with Gasteiger partial charge in [-0.1, -0.05) is 32.1 Å². The van der Waals surface area contributed by atoms with E-state index in [4.69, 9.17) is 0 Å². The van der Waals surface area contributed by atoms with Crippen molar-refractivity contribution in [2.45, 2.75) is 104 Å². The summed E-state index contributed by atoms with van der Waals surface area (Å²) in [7, 11) is 0. The van der Waals surface area contributed by atoms with Crippen LogP contribution in [0, 0.1) is 0 Å². The van der Waals surface area contributed by atoms with E-state index in [-0.39, 0.29) is 23.4 Å². The lowest BCUT2D eigenvalue weighted by Crippen LogP contribution is -2.40. The summed E-state index contributed by atoms with van der Waals surface area (Å²) >= 11 is 0. The summed E-state index contributed by atoms with van der Waals surface area (Å²) in [6.07, 6.45) is 9.03. The van der Waals surface area contributed by atoms with Crippen LogP contribution in [0.2, 0.25) is 0 Å². The maximum atomic E-state index is 11.6. The molecular formula is C18H36N2O2. The van der Waals surface area contributed by atoms with Gasteiger partial charge in [0.15, 0.2) is 0 Å². The number of carbonyl (C=O) groups excluding carboxylic acids is 2. The average Bonchev–Trinajstić information content (AvgIpc) is 2.33. The van der Waals surface area contributed by atoms with Crippen molar-refractivity contribution >= 4 is 11.8 Å². The summed E-state index contributed by atoms with van der Waals surface area (Å²) in [5.74, 6) is 0.323. The predicted octanol–water partition coefficient (Wildman–Crippen LogP) is 3.94. The number of rotatable bonds is 11. The molecule has 130 valence electrons. The van der Waals surface area contributed by atoms with Crippen LogP contribution in [0.4, 0.5) is 0 Å². The van der Waals surface area contributed by atoms with E-state index in [0.29, 0.717) is 12.8 Å². The van der Waals surface area contributed by atoms with E-state index >= 15 is 0 Å². The number of unbranched alkanes of at least 4 members (excludes halogenated alkanes) is 6. The number of hydrogen-bond donors (Lipinski definition) is 2. The number of carbonyl (C=O) groups is 2. The van der Waals surface area contributed by atoms with Gasteiger partial charge in [0.1, 0.15) is 0 Å². The summed E-state index contributed by atoms with van der Waals surface area (Å²) in [6.45, 7) is 9.99. The number of amides is 2. The van der Waals surface area contributed by atoms with E-state index in [2.05, 4.69) is 10.6 Å². The molecule has 0 atom stereocenters. The van der Waals surface area contributed by atoms with Gasteiger partial charge in [0.2, 0.25) is 11.8 Å². The summed E-state index contributed by atoms with van der Waals surface area (Å²) in [6, 6.07) is 0.239. The van der Waals surface area contributed by atoms with Crippen LogP contribution in [-0.2, 0) is 9.59 Å². The molecule has 0 aromatic rings. The Bertz CT molecular complexity index is 320. The molecule has 0 aliphatic carbocycles. The Morgan fingerprint density at radius 3 is 1.59 bits per heavy atom. The first kappa shape index (κ1) is 20.9. The zero-order valence-corrected chi connectivity index (χ0v) is 15.3. The number of nitrogens with one attached hydrogen (secondary N) is 2. The fourth-order valence-electron chi connectivity index (χ4n) is 2.33. The lowest BCUT2D eigenvalue weighted by atomic mass is 10.1. The molecule has 2 N–H and O–H groups in total. The second-order valence-corrected chi connectivity index (χ2v) is 7.50. The SMILES string of the molecule is CC(C)NC(=O)CCCCCCCCCC(=O)NC(C)(C)C. The third kappa shape index (κ3) is 15.3. The predicted molar refractivity (Wildman–Crippen MR) is 92.7 cm³/mol. The van der Waals surface area contributed by atoms with Crippen molar-refractivity contribution < 1.29 is 9.59 Å². The zero-order valence-electron chi connectivity index (χ0n) is 15.3. The third-order valence-corrected chi connectivity index (χ3v) is 3.27. The monoisotopic (exact) mass is 312 g/mol. The minimum Gasteiger partial charge on any atom is -0.354 e. The van der Waals surface area contributed by atoms with E-state index in [9.17, 15) is 9.59 Å². The molecular weight excluding hydrogens is 276 g/mol. The first-order chi connectivity index (χ1) is 10.2. The molecule has 22 heavy (non-hydrogen) atoms. The Morgan fingerprint density at radius 2 is 1.18 bits per heavy atom. The van der Waals surface area contributed by atoms with E-state index in [1.165, 1.54) is 19.3 Å². The van der Waals surface area contributed by atoms with Crippen molar-refractivity contribution in [1.82, 2.24) is 10.6 Å². The van der Waals surface area contributed by atoms with Crippen LogP contribution < -0.4 is 10.6 Å². The van der Waals surface area contributed by atoms with Gasteiger partial charge in [0.25, 0.3) is 0 Å². The van der Waals surface area contributed by atoms with Gasteiger partial charge in [0, 0.05) is 24.4 Å². The quantitative estimate of drug-likeness (QED) is 0.568. The molecule has 0 radical (unpaired) electrons. The highest BCUT2D eigenvalue weighted by Gasteiger charge is 2.12. The molecule has 0 aliphatic heterocycles. The maximum absolute atomic E-state index is 11.6. The van der Waals surface area contributed by atoms with Crippen molar-refractivity contribution in [3.05, 3.63) is 0 Å². The van der Waals surface area contributed by atoms with E-state index in [0.717, 1.165) is 25.7 Å². The molecule has 0 unspecified atom stereocenters. The lowest BCUT2D eigenvalue weighted by molar-refractivity contribution is -0.123. The molecule has 0 bridgehead atoms. The third-order valence-electron chi connectivity index (χ3n) is 3.27. The van der Waals surface area contributed by atoms with E-state index in [1.807, 2.05) is 34.6 Å². The van der Waals surface area contributed by atoms with Crippen LogP contribution in [0.5, 0.6) is 0 Å². The molecule has 4 nitrogen and oxygen atoms in total. The molecule has 0 heterocycles. The van der Waals surface area contributed by atoms with E-state index in [1.54, 1.807) is 0 Å². The molecule has 0 aromatic carbocycles. The van der Waals surface area contributed by atoms with Crippen LogP contribution in [0.3, 0.4) is 0 Å². The van der Waals surface area contributed by atoms with Gasteiger partial charge in [-0.3, -0.25) is 9.59 Å². The first-order valence-electron chi connectivity index (χ1n) is 8.81. The second-order valence-electron chi connectivity index (χ2n) is 7.50. The van der Waals surface area contributed by atoms with Crippen LogP contribution in [0.25, 0.3) is 0 Å². The highest BCUT2D eigenvalue weighted by atomic mass is 16.2. The van der Waals surface area contributed by atoms with E-state index < -0.39 is 0 Å². The van der Waals surface area contributed by atoms with Crippen molar-refractivity contribution in [2.75, 3.05) is 0 Å². The van der Waals surface area contributed by atoms with Gasteiger partial charge in [-0.2, -0.15) is 0 Å². The van der Waals surface area contributed by atoms with Crippen molar-refractivity contribution in [3.63, 3.8) is 0 Å². The molecule has 4 heteroatoms. The molecule has 0 saturated carbocycles. The normalized spacial score (nSPS) is 11.5. The molecule has 0 aliphatic rings. The standard InChI is InChI=1S/C18H36N2O2/c1-15(2)19-16(21)13-11-9-7-6-8-10-12-14-17(22)20-18(3,4)5/h15H,6-14H2,1-5H3,(H,19,21)(H,20,22).